The molecule has 0 radical (unpaired) electrons. The molecule has 0 aromatic heterocycles. The first-order valence-corrected chi connectivity index (χ1v) is 12.6. The summed E-state index contributed by atoms with van der Waals surface area (Å²) in [5, 5.41) is 0. The minimum absolute atomic E-state index is 0.137. The summed E-state index contributed by atoms with van der Waals surface area (Å²) in [4.78, 5) is 12.0. The van der Waals surface area contributed by atoms with Crippen LogP contribution >= 0.6 is 0 Å². The number of unbranched alkanes of at least 4 members (excludes halogenated alkanes) is 8. The Hall–Kier alpha value is -1.91. The summed E-state index contributed by atoms with van der Waals surface area (Å²) in [5.41, 5.74) is 0.992. The van der Waals surface area contributed by atoms with Gasteiger partial charge in [0.1, 0.15) is 12.7 Å². The molecule has 1 aliphatic heterocycles. The third-order valence-corrected chi connectivity index (χ3v) is 5.58. The number of carbonyl (C=O) groups excluding carboxylic acids is 1. The van der Waals surface area contributed by atoms with Crippen molar-refractivity contribution in [1.82, 2.24) is 0 Å². The Kier molecular flexibility index (Phi) is 14.5. The first-order valence-electron chi connectivity index (χ1n) is 12.6. The summed E-state index contributed by atoms with van der Waals surface area (Å²) in [6.45, 7) is 2.96. The molecule has 4 heteroatoms. The lowest BCUT2D eigenvalue weighted by Gasteiger charge is -2.12. The SMILES string of the molecule is CCCCC/C=C/C/C=C/CCCCCCCC(=O)OC[C@@H]1CO[C@H](c2ccccc2)O1. The van der Waals surface area contributed by atoms with Gasteiger partial charge in [0.15, 0.2) is 6.29 Å². The lowest BCUT2D eigenvalue weighted by Crippen LogP contribution is -2.20. The summed E-state index contributed by atoms with van der Waals surface area (Å²) >= 11 is 0. The quantitative estimate of drug-likeness (QED) is 0.143. The van der Waals surface area contributed by atoms with Crippen molar-refractivity contribution in [2.24, 2.45) is 0 Å². The Balaban J connectivity index is 1.38. The third-order valence-electron chi connectivity index (χ3n) is 5.58. The van der Waals surface area contributed by atoms with Gasteiger partial charge in [-0.3, -0.25) is 4.79 Å². The molecule has 0 N–H and O–H groups in total. The predicted octanol–water partition coefficient (Wildman–Crippen LogP) is 7.46. The molecule has 1 heterocycles. The second-order valence-corrected chi connectivity index (χ2v) is 8.50. The summed E-state index contributed by atoms with van der Waals surface area (Å²) in [7, 11) is 0. The maximum absolute atomic E-state index is 12.0. The number of esters is 1. The Morgan fingerprint density at radius 2 is 1.62 bits per heavy atom. The Labute approximate surface area is 195 Å². The molecule has 1 saturated heterocycles. The van der Waals surface area contributed by atoms with Crippen LogP contribution < -0.4 is 0 Å². The van der Waals surface area contributed by atoms with Crippen LogP contribution in [0.4, 0.5) is 0 Å². The van der Waals surface area contributed by atoms with Gasteiger partial charge in [-0.1, -0.05) is 93.7 Å². The molecule has 0 spiro atoms. The zero-order valence-electron chi connectivity index (χ0n) is 19.9. The van der Waals surface area contributed by atoms with Crippen LogP contribution in [0, 0.1) is 0 Å². The Morgan fingerprint density at radius 3 is 2.38 bits per heavy atom. The van der Waals surface area contributed by atoms with Crippen molar-refractivity contribution in [3.63, 3.8) is 0 Å². The molecule has 2 atom stereocenters. The van der Waals surface area contributed by atoms with Gasteiger partial charge >= 0.3 is 5.97 Å². The summed E-state index contributed by atoms with van der Waals surface area (Å²) in [5.74, 6) is -0.137. The highest BCUT2D eigenvalue weighted by Crippen LogP contribution is 2.26. The Bertz CT molecular complexity index is 653. The highest BCUT2D eigenvalue weighted by Gasteiger charge is 2.28. The van der Waals surface area contributed by atoms with E-state index in [1.54, 1.807) is 0 Å². The van der Waals surface area contributed by atoms with Gasteiger partial charge in [0.2, 0.25) is 0 Å². The van der Waals surface area contributed by atoms with E-state index in [1.807, 2.05) is 30.3 Å². The minimum Gasteiger partial charge on any atom is -0.463 e. The van der Waals surface area contributed by atoms with Crippen molar-refractivity contribution in [2.45, 2.75) is 96.4 Å². The van der Waals surface area contributed by atoms with Gasteiger partial charge in [0, 0.05) is 12.0 Å². The van der Waals surface area contributed by atoms with E-state index in [4.69, 9.17) is 14.2 Å². The van der Waals surface area contributed by atoms with Crippen LogP contribution in [0.2, 0.25) is 0 Å². The zero-order chi connectivity index (χ0) is 22.7. The smallest absolute Gasteiger partial charge is 0.305 e. The van der Waals surface area contributed by atoms with E-state index in [1.165, 1.54) is 44.9 Å². The van der Waals surface area contributed by atoms with Gasteiger partial charge in [-0.25, -0.2) is 0 Å². The van der Waals surface area contributed by atoms with Gasteiger partial charge < -0.3 is 14.2 Å². The van der Waals surface area contributed by atoms with Crippen molar-refractivity contribution in [3.05, 3.63) is 60.2 Å². The second kappa shape index (κ2) is 17.6. The highest BCUT2D eigenvalue weighted by molar-refractivity contribution is 5.69. The van der Waals surface area contributed by atoms with Crippen molar-refractivity contribution in [2.75, 3.05) is 13.2 Å². The van der Waals surface area contributed by atoms with Gasteiger partial charge in [-0.15, -0.1) is 0 Å². The van der Waals surface area contributed by atoms with Gasteiger partial charge in [0.05, 0.1) is 6.61 Å². The van der Waals surface area contributed by atoms with Crippen molar-refractivity contribution in [3.8, 4) is 0 Å². The number of allylic oxidation sites excluding steroid dienone is 4. The van der Waals surface area contributed by atoms with E-state index in [9.17, 15) is 4.79 Å². The molecular formula is C28H42O4. The number of hydrogen-bond acceptors (Lipinski definition) is 4. The predicted molar refractivity (Wildman–Crippen MR) is 130 cm³/mol. The van der Waals surface area contributed by atoms with Gasteiger partial charge in [-0.05, 0) is 38.5 Å². The first-order chi connectivity index (χ1) is 15.8. The maximum atomic E-state index is 12.0. The van der Waals surface area contributed by atoms with Crippen LogP contribution in [0.25, 0.3) is 0 Å². The molecule has 0 bridgehead atoms. The van der Waals surface area contributed by atoms with Crippen LogP contribution in [-0.4, -0.2) is 25.3 Å². The molecule has 32 heavy (non-hydrogen) atoms. The van der Waals surface area contributed by atoms with Gasteiger partial charge in [0.25, 0.3) is 0 Å². The molecule has 1 fully saturated rings. The van der Waals surface area contributed by atoms with Crippen molar-refractivity contribution < 1.29 is 19.0 Å². The fourth-order valence-corrected chi connectivity index (χ4v) is 3.66. The molecule has 0 amide bonds. The molecule has 178 valence electrons. The molecule has 1 aromatic carbocycles. The van der Waals surface area contributed by atoms with E-state index in [-0.39, 0.29) is 25.0 Å². The highest BCUT2D eigenvalue weighted by atomic mass is 16.7. The first kappa shape index (κ1) is 26.3. The fourth-order valence-electron chi connectivity index (χ4n) is 3.66. The van der Waals surface area contributed by atoms with E-state index >= 15 is 0 Å². The molecular weight excluding hydrogens is 400 g/mol. The summed E-state index contributed by atoms with van der Waals surface area (Å²) in [6, 6.07) is 9.83. The monoisotopic (exact) mass is 442 g/mol. The molecule has 2 rings (SSSR count). The van der Waals surface area contributed by atoms with E-state index in [0.717, 1.165) is 31.2 Å². The van der Waals surface area contributed by atoms with E-state index in [2.05, 4.69) is 31.2 Å². The van der Waals surface area contributed by atoms with E-state index in [0.29, 0.717) is 13.0 Å². The number of rotatable bonds is 17. The molecule has 4 nitrogen and oxygen atoms in total. The van der Waals surface area contributed by atoms with Crippen LogP contribution in [-0.2, 0) is 19.0 Å². The zero-order valence-corrected chi connectivity index (χ0v) is 19.9. The maximum Gasteiger partial charge on any atom is 0.305 e. The average Bonchev–Trinajstić information content (AvgIpc) is 3.30. The van der Waals surface area contributed by atoms with Crippen molar-refractivity contribution >= 4 is 5.97 Å². The molecule has 0 unspecified atom stereocenters. The number of benzene rings is 1. The van der Waals surface area contributed by atoms with Crippen molar-refractivity contribution in [1.29, 1.82) is 0 Å². The Morgan fingerprint density at radius 1 is 0.938 bits per heavy atom. The summed E-state index contributed by atoms with van der Waals surface area (Å²) < 4.78 is 16.8. The van der Waals surface area contributed by atoms with E-state index < -0.39 is 0 Å². The van der Waals surface area contributed by atoms with Gasteiger partial charge in [-0.2, -0.15) is 0 Å². The summed E-state index contributed by atoms with van der Waals surface area (Å²) in [6.07, 6.45) is 22.1. The van der Waals surface area contributed by atoms with Crippen LogP contribution in [0.3, 0.4) is 0 Å². The van der Waals surface area contributed by atoms with Crippen LogP contribution in [0.1, 0.15) is 95.8 Å². The van der Waals surface area contributed by atoms with Crippen LogP contribution in [0.15, 0.2) is 54.6 Å². The molecule has 0 saturated carbocycles. The lowest BCUT2D eigenvalue weighted by molar-refractivity contribution is -0.148. The molecule has 1 aliphatic rings. The average molecular weight is 443 g/mol. The van der Waals surface area contributed by atoms with Crippen LogP contribution in [0.5, 0.6) is 0 Å². The standard InChI is InChI=1S/C28H42O4/c1-2-3-4-5-6-7-8-9-10-11-12-13-14-15-19-22-27(29)30-23-26-24-31-28(32-26)25-20-17-16-18-21-25/h6-7,9-10,16-18,20-21,26,28H,2-5,8,11-15,19,22-24H2,1H3/b7-6+,10-9+/t26-,28+/m1/s1. The molecule has 1 aromatic rings. The number of carbonyl (C=O) groups is 1. The normalized spacial score (nSPS) is 18.7. The topological polar surface area (TPSA) is 44.8 Å². The minimum atomic E-state index is -0.359. The largest absolute Gasteiger partial charge is 0.463 e. The fraction of sp³-hybridized carbons (Fsp3) is 0.607. The lowest BCUT2D eigenvalue weighted by atomic mass is 10.1. The third kappa shape index (κ3) is 12.2. The second-order valence-electron chi connectivity index (χ2n) is 8.50. The number of hydrogen-bond donors (Lipinski definition) is 0. The molecule has 0 aliphatic carbocycles. The number of ether oxygens (including phenoxy) is 3.